The van der Waals surface area contributed by atoms with Crippen LogP contribution in [0.1, 0.15) is 17.5 Å². The van der Waals surface area contributed by atoms with Crippen molar-refractivity contribution in [2.75, 3.05) is 26.7 Å². The summed E-state index contributed by atoms with van der Waals surface area (Å²) < 4.78 is 13.3. The first-order chi connectivity index (χ1) is 9.02. The summed E-state index contributed by atoms with van der Waals surface area (Å²) in [6, 6.07) is 4.98. The Labute approximate surface area is 113 Å². The molecule has 0 unspecified atom stereocenters. The van der Waals surface area contributed by atoms with Crippen LogP contribution in [0.25, 0.3) is 0 Å². The maximum absolute atomic E-state index is 13.3. The zero-order valence-corrected chi connectivity index (χ0v) is 11.6. The fourth-order valence-corrected chi connectivity index (χ4v) is 1.69. The molecule has 1 amide bonds. The van der Waals surface area contributed by atoms with Crippen molar-refractivity contribution in [1.29, 1.82) is 0 Å². The molecule has 0 aliphatic carbocycles. The van der Waals surface area contributed by atoms with Crippen molar-refractivity contribution in [1.82, 2.24) is 10.2 Å². The van der Waals surface area contributed by atoms with Crippen LogP contribution in [-0.4, -0.2) is 37.5 Å². The second kappa shape index (κ2) is 7.86. The maximum Gasteiger partial charge on any atom is 0.234 e. The Morgan fingerprint density at radius 3 is 2.84 bits per heavy atom. The Kier molecular flexibility index (Phi) is 6.45. The lowest BCUT2D eigenvalue weighted by molar-refractivity contribution is -0.122. The largest absolute Gasteiger partial charge is 0.351 e. The van der Waals surface area contributed by atoms with Gasteiger partial charge >= 0.3 is 0 Å². The second-order valence-electron chi connectivity index (χ2n) is 4.74. The normalized spacial score (nSPS) is 10.8. The van der Waals surface area contributed by atoms with Crippen molar-refractivity contribution in [2.24, 2.45) is 5.73 Å². The highest BCUT2D eigenvalue weighted by Crippen LogP contribution is 2.08. The first-order valence-electron chi connectivity index (χ1n) is 6.43. The summed E-state index contributed by atoms with van der Waals surface area (Å²) in [4.78, 5) is 13.6. The molecule has 0 saturated heterocycles. The maximum atomic E-state index is 13.3. The minimum absolute atomic E-state index is 0.0690. The molecule has 5 heteroatoms. The van der Waals surface area contributed by atoms with Crippen LogP contribution in [-0.2, 0) is 11.3 Å². The molecule has 0 radical (unpaired) electrons. The third kappa shape index (κ3) is 5.81. The molecular formula is C14H22FN3O. The van der Waals surface area contributed by atoms with Crippen LogP contribution in [0.3, 0.4) is 0 Å². The number of carbonyl (C=O) groups is 1. The monoisotopic (exact) mass is 267 g/mol. The van der Waals surface area contributed by atoms with Crippen LogP contribution in [0.2, 0.25) is 0 Å². The Balaban J connectivity index is 2.35. The van der Waals surface area contributed by atoms with E-state index in [1.807, 2.05) is 18.0 Å². The summed E-state index contributed by atoms with van der Waals surface area (Å²) in [5, 5.41) is 2.77. The number of carbonyl (C=O) groups excluding carboxylic acids is 1. The molecule has 4 nitrogen and oxygen atoms in total. The average molecular weight is 267 g/mol. The Morgan fingerprint density at radius 2 is 2.21 bits per heavy atom. The van der Waals surface area contributed by atoms with Gasteiger partial charge in [0.15, 0.2) is 0 Å². The van der Waals surface area contributed by atoms with Gasteiger partial charge < -0.3 is 11.1 Å². The highest BCUT2D eigenvalue weighted by molar-refractivity contribution is 5.77. The number of hydrogen-bond donors (Lipinski definition) is 2. The van der Waals surface area contributed by atoms with Crippen molar-refractivity contribution in [3.63, 3.8) is 0 Å². The fraction of sp³-hybridized carbons (Fsp3) is 0.500. The van der Waals surface area contributed by atoms with E-state index < -0.39 is 0 Å². The number of nitrogens with zero attached hydrogens (tertiary/aromatic N) is 1. The molecule has 0 aliphatic rings. The lowest BCUT2D eigenvalue weighted by Crippen LogP contribution is -2.35. The molecular weight excluding hydrogens is 245 g/mol. The second-order valence-corrected chi connectivity index (χ2v) is 4.74. The van der Waals surface area contributed by atoms with Gasteiger partial charge in [-0.25, -0.2) is 4.39 Å². The smallest absolute Gasteiger partial charge is 0.234 e. The number of benzene rings is 1. The molecule has 106 valence electrons. The van der Waals surface area contributed by atoms with Crippen LogP contribution in [0.4, 0.5) is 4.39 Å². The SMILES string of the molecule is Cc1ccc(CNC(=O)CN(C)CCCN)cc1F. The molecule has 0 heterocycles. The van der Waals surface area contributed by atoms with Gasteiger partial charge in [0.2, 0.25) is 5.91 Å². The summed E-state index contributed by atoms with van der Waals surface area (Å²) in [5.41, 5.74) is 6.78. The van der Waals surface area contributed by atoms with E-state index in [1.54, 1.807) is 13.0 Å². The van der Waals surface area contributed by atoms with E-state index in [0.717, 1.165) is 18.5 Å². The Morgan fingerprint density at radius 1 is 1.47 bits per heavy atom. The van der Waals surface area contributed by atoms with E-state index in [9.17, 15) is 9.18 Å². The van der Waals surface area contributed by atoms with Gasteiger partial charge in [-0.15, -0.1) is 0 Å². The number of nitrogens with two attached hydrogens (primary N) is 1. The van der Waals surface area contributed by atoms with E-state index in [0.29, 0.717) is 25.2 Å². The molecule has 1 aromatic carbocycles. The molecule has 0 spiro atoms. The van der Waals surface area contributed by atoms with Gasteiger partial charge in [-0.3, -0.25) is 9.69 Å². The molecule has 0 bridgehead atoms. The number of aryl methyl sites for hydroxylation is 1. The third-order valence-corrected chi connectivity index (χ3v) is 2.88. The average Bonchev–Trinajstić information content (AvgIpc) is 2.38. The molecule has 1 aromatic rings. The quantitative estimate of drug-likeness (QED) is 0.776. The summed E-state index contributed by atoms with van der Waals surface area (Å²) >= 11 is 0. The number of likely N-dealkylation sites (N-methyl/N-ethyl adjacent to an activating group) is 1. The number of rotatable bonds is 7. The predicted molar refractivity (Wildman–Crippen MR) is 74.2 cm³/mol. The molecule has 0 saturated carbocycles. The number of nitrogens with one attached hydrogen (secondary N) is 1. The number of amides is 1. The molecule has 0 aromatic heterocycles. The molecule has 3 N–H and O–H groups in total. The first-order valence-corrected chi connectivity index (χ1v) is 6.43. The molecule has 0 fully saturated rings. The van der Waals surface area contributed by atoms with Crippen LogP contribution in [0, 0.1) is 12.7 Å². The van der Waals surface area contributed by atoms with Gasteiger partial charge in [0.1, 0.15) is 5.82 Å². The zero-order chi connectivity index (χ0) is 14.3. The Bertz CT molecular complexity index is 423. The van der Waals surface area contributed by atoms with Crippen molar-refractivity contribution < 1.29 is 9.18 Å². The molecule has 0 atom stereocenters. The van der Waals surface area contributed by atoms with E-state index >= 15 is 0 Å². The van der Waals surface area contributed by atoms with Gasteiger partial charge in [-0.2, -0.15) is 0 Å². The Hall–Kier alpha value is -1.46. The van der Waals surface area contributed by atoms with E-state index in [4.69, 9.17) is 5.73 Å². The lowest BCUT2D eigenvalue weighted by Gasteiger charge is -2.15. The van der Waals surface area contributed by atoms with Crippen LogP contribution < -0.4 is 11.1 Å². The summed E-state index contributed by atoms with van der Waals surface area (Å²) in [6.07, 6.45) is 0.868. The van der Waals surface area contributed by atoms with E-state index in [-0.39, 0.29) is 11.7 Å². The minimum Gasteiger partial charge on any atom is -0.351 e. The van der Waals surface area contributed by atoms with Crippen molar-refractivity contribution in [2.45, 2.75) is 19.9 Å². The molecule has 0 aliphatic heterocycles. The molecule has 19 heavy (non-hydrogen) atoms. The summed E-state index contributed by atoms with van der Waals surface area (Å²) in [6.45, 7) is 3.80. The van der Waals surface area contributed by atoms with Crippen molar-refractivity contribution in [3.05, 3.63) is 35.1 Å². The topological polar surface area (TPSA) is 58.4 Å². The van der Waals surface area contributed by atoms with Crippen LogP contribution in [0.5, 0.6) is 0 Å². The minimum atomic E-state index is -0.244. The highest BCUT2D eigenvalue weighted by Gasteiger charge is 2.06. The number of hydrogen-bond acceptors (Lipinski definition) is 3. The van der Waals surface area contributed by atoms with E-state index in [2.05, 4.69) is 5.32 Å². The lowest BCUT2D eigenvalue weighted by atomic mass is 10.1. The van der Waals surface area contributed by atoms with Crippen molar-refractivity contribution in [3.8, 4) is 0 Å². The molecule has 1 rings (SSSR count). The zero-order valence-electron chi connectivity index (χ0n) is 11.6. The number of halogens is 1. The van der Waals surface area contributed by atoms with E-state index in [1.165, 1.54) is 6.07 Å². The third-order valence-electron chi connectivity index (χ3n) is 2.88. The summed E-state index contributed by atoms with van der Waals surface area (Å²) in [5.74, 6) is -0.313. The summed E-state index contributed by atoms with van der Waals surface area (Å²) in [7, 11) is 1.88. The predicted octanol–water partition coefficient (Wildman–Crippen LogP) is 1.03. The van der Waals surface area contributed by atoms with Crippen molar-refractivity contribution >= 4 is 5.91 Å². The highest BCUT2D eigenvalue weighted by atomic mass is 19.1. The standard InChI is InChI=1S/C14H22FN3O/c1-11-4-5-12(8-13(11)15)9-17-14(19)10-18(2)7-3-6-16/h4-5,8H,3,6-7,9-10,16H2,1-2H3,(H,17,19). The van der Waals surface area contributed by atoms with Gasteiger partial charge in [-0.1, -0.05) is 12.1 Å². The van der Waals surface area contributed by atoms with Gasteiger partial charge in [0.05, 0.1) is 6.54 Å². The fourth-order valence-electron chi connectivity index (χ4n) is 1.69. The van der Waals surface area contributed by atoms with Gasteiger partial charge in [0, 0.05) is 6.54 Å². The van der Waals surface area contributed by atoms with Gasteiger partial charge in [-0.05, 0) is 50.7 Å². The van der Waals surface area contributed by atoms with Crippen LogP contribution >= 0.6 is 0 Å². The van der Waals surface area contributed by atoms with Gasteiger partial charge in [0.25, 0.3) is 0 Å². The first kappa shape index (κ1) is 15.6. The van der Waals surface area contributed by atoms with Crippen LogP contribution in [0.15, 0.2) is 18.2 Å².